The van der Waals surface area contributed by atoms with Crippen molar-refractivity contribution < 1.29 is 38.5 Å². The summed E-state index contributed by atoms with van der Waals surface area (Å²) in [7, 11) is 1.53. The Balaban J connectivity index is 1.65. The van der Waals surface area contributed by atoms with Gasteiger partial charge < -0.3 is 30.0 Å². The fraction of sp³-hybridized carbons (Fsp3) is 0.241. The zero-order chi connectivity index (χ0) is 28.0. The molecule has 0 saturated heterocycles. The third-order valence-corrected chi connectivity index (χ3v) is 5.62. The van der Waals surface area contributed by atoms with Crippen molar-refractivity contribution in [1.82, 2.24) is 10.6 Å². The van der Waals surface area contributed by atoms with E-state index in [1.165, 1.54) is 7.11 Å². The largest absolute Gasteiger partial charge is 0.497 e. The smallest absolute Gasteiger partial charge is 0.408 e. The Morgan fingerprint density at radius 3 is 1.87 bits per heavy atom. The average Bonchev–Trinajstić information content (AvgIpc) is 2.95. The minimum absolute atomic E-state index is 0.00464. The van der Waals surface area contributed by atoms with Crippen LogP contribution in [0.1, 0.15) is 23.1 Å². The molecule has 0 aliphatic rings. The fourth-order valence-electron chi connectivity index (χ4n) is 3.58. The number of alkyl carbamates (subject to hydrolysis) is 1. The summed E-state index contributed by atoms with van der Waals surface area (Å²) in [5.41, 5.74) is 2.18. The van der Waals surface area contributed by atoms with E-state index in [0.717, 1.165) is 11.1 Å². The molecule has 3 N–H and O–H groups in total. The summed E-state index contributed by atoms with van der Waals surface area (Å²) >= 11 is 0. The summed E-state index contributed by atoms with van der Waals surface area (Å²) in [5.74, 6) is -2.26. The van der Waals surface area contributed by atoms with Gasteiger partial charge in [-0.05, 0) is 28.8 Å². The van der Waals surface area contributed by atoms with E-state index in [1.54, 1.807) is 60.7 Å². The first kappa shape index (κ1) is 28.7. The minimum atomic E-state index is -1.49. The van der Waals surface area contributed by atoms with Crippen molar-refractivity contribution in [3.63, 3.8) is 0 Å². The first-order valence-electron chi connectivity index (χ1n) is 12.2. The van der Waals surface area contributed by atoms with Gasteiger partial charge in [0.05, 0.1) is 13.5 Å². The molecular formula is C29H30N2O8. The maximum absolute atomic E-state index is 13.1. The molecule has 0 fully saturated rings. The first-order valence-corrected chi connectivity index (χ1v) is 12.2. The molecule has 3 aromatic carbocycles. The van der Waals surface area contributed by atoms with E-state index < -0.39 is 42.4 Å². The topological polar surface area (TPSA) is 140 Å². The molecule has 2 amide bonds. The lowest BCUT2D eigenvalue weighted by Gasteiger charge is -2.22. The highest BCUT2D eigenvalue weighted by Crippen LogP contribution is 2.12. The van der Waals surface area contributed by atoms with Crippen LogP contribution in [0.25, 0.3) is 0 Å². The number of carbonyl (C=O) groups excluding carboxylic acids is 3. The third-order valence-electron chi connectivity index (χ3n) is 5.62. The van der Waals surface area contributed by atoms with Crippen molar-refractivity contribution in [2.45, 2.75) is 38.1 Å². The number of amides is 2. The van der Waals surface area contributed by atoms with Crippen molar-refractivity contribution in [2.24, 2.45) is 0 Å². The molecule has 0 spiro atoms. The predicted octanol–water partition coefficient (Wildman–Crippen LogP) is 3.24. The number of carboxylic acids is 1. The Bertz CT molecular complexity index is 1230. The van der Waals surface area contributed by atoms with Gasteiger partial charge in [0.1, 0.15) is 31.0 Å². The molecule has 3 rings (SSSR count). The number of hydrogen-bond acceptors (Lipinski definition) is 7. The molecule has 10 heteroatoms. The number of benzene rings is 3. The number of hydrogen-bond donors (Lipinski definition) is 3. The van der Waals surface area contributed by atoms with Gasteiger partial charge in [-0.3, -0.25) is 9.59 Å². The van der Waals surface area contributed by atoms with Gasteiger partial charge in [-0.15, -0.1) is 0 Å². The van der Waals surface area contributed by atoms with Gasteiger partial charge in [-0.1, -0.05) is 72.8 Å². The lowest BCUT2D eigenvalue weighted by atomic mass is 10.0. The quantitative estimate of drug-likeness (QED) is 0.284. The molecule has 2 atom stereocenters. The van der Waals surface area contributed by atoms with Gasteiger partial charge in [-0.25, -0.2) is 9.59 Å². The van der Waals surface area contributed by atoms with Crippen LogP contribution in [0.15, 0.2) is 84.9 Å². The summed E-state index contributed by atoms with van der Waals surface area (Å²) in [5, 5.41) is 14.1. The molecule has 3 aromatic rings. The molecule has 0 aromatic heterocycles. The van der Waals surface area contributed by atoms with E-state index >= 15 is 0 Å². The van der Waals surface area contributed by atoms with E-state index in [9.17, 15) is 24.3 Å². The second-order valence-corrected chi connectivity index (χ2v) is 8.56. The van der Waals surface area contributed by atoms with Crippen LogP contribution in [0.3, 0.4) is 0 Å². The highest BCUT2D eigenvalue weighted by Gasteiger charge is 2.30. The average molecular weight is 535 g/mol. The van der Waals surface area contributed by atoms with Crippen LogP contribution in [0.5, 0.6) is 5.75 Å². The van der Waals surface area contributed by atoms with Gasteiger partial charge in [0.2, 0.25) is 5.91 Å². The Hall–Kier alpha value is -4.86. The van der Waals surface area contributed by atoms with Gasteiger partial charge in [-0.2, -0.15) is 0 Å². The maximum Gasteiger partial charge on any atom is 0.408 e. The number of esters is 1. The summed E-state index contributed by atoms with van der Waals surface area (Å²) in [6.45, 7) is -0.116. The number of carboxylic acid groups (broad SMARTS) is 1. The van der Waals surface area contributed by atoms with Crippen LogP contribution in [-0.4, -0.2) is 48.2 Å². The van der Waals surface area contributed by atoms with Crippen LogP contribution >= 0.6 is 0 Å². The van der Waals surface area contributed by atoms with Crippen LogP contribution in [-0.2, 0) is 43.5 Å². The molecule has 39 heavy (non-hydrogen) atoms. The molecular weight excluding hydrogens is 504 g/mol. The lowest BCUT2D eigenvalue weighted by Crippen LogP contribution is -2.53. The van der Waals surface area contributed by atoms with Crippen LogP contribution in [0.2, 0.25) is 0 Å². The van der Waals surface area contributed by atoms with E-state index in [1.807, 2.05) is 24.3 Å². The Morgan fingerprint density at radius 2 is 1.28 bits per heavy atom. The second-order valence-electron chi connectivity index (χ2n) is 8.56. The summed E-state index contributed by atoms with van der Waals surface area (Å²) in [6, 6.07) is 22.2. The third kappa shape index (κ3) is 9.84. The normalized spacial score (nSPS) is 11.9. The Kier molecular flexibility index (Phi) is 10.9. The monoisotopic (exact) mass is 534 g/mol. The Morgan fingerprint density at radius 1 is 0.718 bits per heavy atom. The van der Waals surface area contributed by atoms with Crippen molar-refractivity contribution in [2.75, 3.05) is 7.11 Å². The number of methoxy groups -OCH3 is 1. The summed E-state index contributed by atoms with van der Waals surface area (Å²) < 4.78 is 15.6. The zero-order valence-electron chi connectivity index (χ0n) is 21.4. The molecule has 0 heterocycles. The molecule has 204 valence electrons. The standard InChI is InChI=1S/C29H30N2O8/c1-37-23-14-12-22(13-15-23)19-39-29(36)31-24(17-26(32)33)27(34)30-25(16-20-8-4-2-5-9-20)28(35)38-18-21-10-6-3-7-11-21/h2-15,24-25H,16-19H2,1H3,(H,30,34)(H,31,36)(H,32,33)/t24-,25-/m0/s1. The van der Waals surface area contributed by atoms with Crippen LogP contribution < -0.4 is 15.4 Å². The molecule has 0 bridgehead atoms. The van der Waals surface area contributed by atoms with Gasteiger partial charge in [0.25, 0.3) is 0 Å². The lowest BCUT2D eigenvalue weighted by molar-refractivity contribution is -0.149. The van der Waals surface area contributed by atoms with E-state index in [4.69, 9.17) is 14.2 Å². The molecule has 0 saturated carbocycles. The molecule has 10 nitrogen and oxygen atoms in total. The van der Waals surface area contributed by atoms with Crippen molar-refractivity contribution in [1.29, 1.82) is 0 Å². The van der Waals surface area contributed by atoms with Gasteiger partial charge >= 0.3 is 18.0 Å². The summed E-state index contributed by atoms with van der Waals surface area (Å²) in [4.78, 5) is 49.8. The van der Waals surface area contributed by atoms with Crippen molar-refractivity contribution >= 4 is 23.9 Å². The molecule has 0 unspecified atom stereocenters. The molecule has 0 aliphatic carbocycles. The van der Waals surface area contributed by atoms with Crippen LogP contribution in [0.4, 0.5) is 4.79 Å². The first-order chi connectivity index (χ1) is 18.8. The van der Waals surface area contributed by atoms with Crippen molar-refractivity contribution in [3.05, 3.63) is 102 Å². The Labute approximate surface area is 225 Å². The number of nitrogens with one attached hydrogen (secondary N) is 2. The summed E-state index contributed by atoms with van der Waals surface area (Å²) in [6.07, 6.45) is -1.61. The maximum atomic E-state index is 13.1. The number of aliphatic carboxylic acids is 1. The predicted molar refractivity (Wildman–Crippen MR) is 141 cm³/mol. The fourth-order valence-corrected chi connectivity index (χ4v) is 3.58. The number of rotatable bonds is 13. The molecule has 0 aliphatic heterocycles. The second kappa shape index (κ2) is 14.8. The van der Waals surface area contributed by atoms with E-state index in [-0.39, 0.29) is 19.6 Å². The van der Waals surface area contributed by atoms with E-state index in [0.29, 0.717) is 11.3 Å². The SMILES string of the molecule is COc1ccc(COC(=O)N[C@@H](CC(=O)O)C(=O)N[C@@H](Cc2ccccc2)C(=O)OCc2ccccc2)cc1. The van der Waals surface area contributed by atoms with E-state index in [2.05, 4.69) is 10.6 Å². The zero-order valence-corrected chi connectivity index (χ0v) is 21.4. The highest BCUT2D eigenvalue weighted by atomic mass is 16.5. The van der Waals surface area contributed by atoms with Crippen molar-refractivity contribution in [3.8, 4) is 5.75 Å². The van der Waals surface area contributed by atoms with Gasteiger partial charge in [0.15, 0.2) is 0 Å². The van der Waals surface area contributed by atoms with Crippen LogP contribution in [0, 0.1) is 0 Å². The highest BCUT2D eigenvalue weighted by molar-refractivity contribution is 5.92. The number of ether oxygens (including phenoxy) is 3. The van der Waals surface area contributed by atoms with Gasteiger partial charge in [0, 0.05) is 6.42 Å². The molecule has 0 radical (unpaired) electrons. The number of carbonyl (C=O) groups is 4. The minimum Gasteiger partial charge on any atom is -0.497 e.